The van der Waals surface area contributed by atoms with Gasteiger partial charge in [0.25, 0.3) is 0 Å². The Hall–Kier alpha value is -5.13. The molecule has 1 aliphatic rings. The third kappa shape index (κ3) is 6.97. The highest BCUT2D eigenvalue weighted by atomic mass is 32.2. The highest BCUT2D eigenvalue weighted by molar-refractivity contribution is 7.99. The van der Waals surface area contributed by atoms with E-state index in [1.54, 1.807) is 16.4 Å². The molecule has 256 valence electrons. The zero-order chi connectivity index (χ0) is 34.8. The van der Waals surface area contributed by atoms with Crippen LogP contribution in [0, 0.1) is 6.92 Å². The summed E-state index contributed by atoms with van der Waals surface area (Å²) in [5.74, 6) is 2.61. The van der Waals surface area contributed by atoms with Gasteiger partial charge in [0.1, 0.15) is 17.7 Å². The van der Waals surface area contributed by atoms with Crippen molar-refractivity contribution in [1.82, 2.24) is 29.7 Å². The second-order valence-electron chi connectivity index (χ2n) is 13.6. The van der Waals surface area contributed by atoms with Crippen LogP contribution < -0.4 is 15.4 Å². The van der Waals surface area contributed by atoms with E-state index < -0.39 is 0 Å². The first-order valence-corrected chi connectivity index (χ1v) is 17.8. The SMILES string of the molecule is Cc1ccc(-n2nc(C(C)(C)C)cc2NC(=O)NC2CCC(Oc3ccc4nnc(-c5ccccc5SCCO)n4c3)c3ccccc32)cc1. The van der Waals surface area contributed by atoms with E-state index in [4.69, 9.17) is 9.84 Å². The van der Waals surface area contributed by atoms with Crippen LogP contribution in [-0.4, -0.2) is 47.9 Å². The molecular weight excluding hydrogens is 647 g/mol. The van der Waals surface area contributed by atoms with E-state index in [1.807, 2.05) is 96.4 Å². The van der Waals surface area contributed by atoms with Crippen molar-refractivity contribution in [3.8, 4) is 22.8 Å². The molecule has 0 radical (unpaired) electrons. The molecule has 6 aromatic rings. The van der Waals surface area contributed by atoms with E-state index in [1.165, 1.54) is 0 Å². The summed E-state index contributed by atoms with van der Waals surface area (Å²) in [5.41, 5.74) is 6.46. The summed E-state index contributed by atoms with van der Waals surface area (Å²) in [6.07, 6.45) is 3.15. The number of rotatable bonds is 9. The molecule has 3 aromatic heterocycles. The minimum Gasteiger partial charge on any atom is -0.484 e. The average molecular weight is 688 g/mol. The van der Waals surface area contributed by atoms with Crippen LogP contribution >= 0.6 is 11.8 Å². The van der Waals surface area contributed by atoms with Gasteiger partial charge in [-0.1, -0.05) is 80.9 Å². The van der Waals surface area contributed by atoms with E-state index in [-0.39, 0.29) is 30.2 Å². The fourth-order valence-corrected chi connectivity index (χ4v) is 7.08. The first-order valence-electron chi connectivity index (χ1n) is 16.9. The number of nitrogens with zero attached hydrogens (tertiary/aromatic N) is 5. The quantitative estimate of drug-likeness (QED) is 0.132. The Labute approximate surface area is 295 Å². The molecule has 2 atom stereocenters. The maximum absolute atomic E-state index is 13.6. The first kappa shape index (κ1) is 33.4. The Morgan fingerprint density at radius 1 is 0.960 bits per heavy atom. The van der Waals surface area contributed by atoms with Crippen molar-refractivity contribution >= 4 is 29.3 Å². The van der Waals surface area contributed by atoms with Gasteiger partial charge in [-0.15, -0.1) is 22.0 Å². The van der Waals surface area contributed by atoms with Crippen LogP contribution in [0.25, 0.3) is 22.7 Å². The lowest BCUT2D eigenvalue weighted by Crippen LogP contribution is -2.36. The molecule has 3 N–H and O–H groups in total. The standard InChI is InChI=1S/C39H41N7O3S/c1-25-13-15-26(16-14-25)46-36(23-34(44-46)39(2,3)4)41-38(48)40-31-18-19-32(29-10-6-5-9-28(29)31)49-27-17-20-35-42-43-37(45(35)24-27)30-11-7-8-12-33(30)50-22-21-47/h5-17,20,23-24,31-32,47H,18-19,21-22H2,1-4H3,(H2,40,41,48). The molecule has 0 bridgehead atoms. The van der Waals surface area contributed by atoms with Crippen molar-refractivity contribution < 1.29 is 14.6 Å². The van der Waals surface area contributed by atoms with Crippen LogP contribution in [0.4, 0.5) is 10.6 Å². The van der Waals surface area contributed by atoms with Gasteiger partial charge in [0.05, 0.1) is 30.2 Å². The van der Waals surface area contributed by atoms with Crippen molar-refractivity contribution in [2.45, 2.75) is 63.0 Å². The van der Waals surface area contributed by atoms with Gasteiger partial charge in [-0.3, -0.25) is 9.72 Å². The monoisotopic (exact) mass is 687 g/mol. The summed E-state index contributed by atoms with van der Waals surface area (Å²) < 4.78 is 10.4. The number of aryl methyl sites for hydroxylation is 1. The lowest BCUT2D eigenvalue weighted by molar-refractivity contribution is 0.171. The molecule has 1 aliphatic carbocycles. The Morgan fingerprint density at radius 2 is 1.72 bits per heavy atom. The van der Waals surface area contributed by atoms with Gasteiger partial charge in [-0.25, -0.2) is 9.48 Å². The highest BCUT2D eigenvalue weighted by Crippen LogP contribution is 2.39. The minimum atomic E-state index is -0.291. The molecule has 2 unspecified atom stereocenters. The zero-order valence-corrected chi connectivity index (χ0v) is 29.4. The van der Waals surface area contributed by atoms with Crippen LogP contribution in [0.2, 0.25) is 0 Å². The lowest BCUT2D eigenvalue weighted by Gasteiger charge is -2.32. The van der Waals surface area contributed by atoms with E-state index in [2.05, 4.69) is 53.7 Å². The number of hydrogen-bond donors (Lipinski definition) is 3. The van der Waals surface area contributed by atoms with E-state index in [0.29, 0.717) is 41.6 Å². The van der Waals surface area contributed by atoms with Gasteiger partial charge in [-0.2, -0.15) is 5.10 Å². The first-order chi connectivity index (χ1) is 24.2. The molecule has 11 heteroatoms. The molecule has 0 spiro atoms. The predicted octanol–water partition coefficient (Wildman–Crippen LogP) is 8.05. The molecule has 0 fully saturated rings. The van der Waals surface area contributed by atoms with E-state index >= 15 is 0 Å². The normalized spacial score (nSPS) is 15.9. The Bertz CT molecular complexity index is 2130. The number of aliphatic hydroxyl groups excluding tert-OH is 1. The maximum atomic E-state index is 13.6. The van der Waals surface area contributed by atoms with Gasteiger partial charge in [0.2, 0.25) is 0 Å². The summed E-state index contributed by atoms with van der Waals surface area (Å²) in [7, 11) is 0. The molecule has 0 saturated carbocycles. The number of thioether (sulfide) groups is 1. The minimum absolute atomic E-state index is 0.0967. The van der Waals surface area contributed by atoms with Crippen molar-refractivity contribution in [3.63, 3.8) is 0 Å². The second kappa shape index (κ2) is 14.0. The third-order valence-electron chi connectivity index (χ3n) is 8.87. The molecule has 3 aromatic carbocycles. The maximum Gasteiger partial charge on any atom is 0.320 e. The number of anilines is 1. The lowest BCUT2D eigenvalue weighted by atomic mass is 9.85. The molecule has 2 amide bonds. The van der Waals surface area contributed by atoms with Crippen LogP contribution in [0.5, 0.6) is 5.75 Å². The number of nitrogens with one attached hydrogen (secondary N) is 2. The molecule has 7 rings (SSSR count). The summed E-state index contributed by atoms with van der Waals surface area (Å²) in [4.78, 5) is 14.6. The smallest absolute Gasteiger partial charge is 0.320 e. The second-order valence-corrected chi connectivity index (χ2v) is 14.7. The van der Waals surface area contributed by atoms with E-state index in [0.717, 1.165) is 38.5 Å². The van der Waals surface area contributed by atoms with Crippen molar-refractivity contribution in [2.75, 3.05) is 17.7 Å². The Morgan fingerprint density at radius 3 is 2.50 bits per heavy atom. The fraction of sp³-hybridized carbons (Fsp3) is 0.282. The summed E-state index contributed by atoms with van der Waals surface area (Å²) in [6, 6.07) is 29.5. The van der Waals surface area contributed by atoms with Crippen molar-refractivity contribution in [2.24, 2.45) is 0 Å². The van der Waals surface area contributed by atoms with Crippen LogP contribution in [-0.2, 0) is 5.41 Å². The van der Waals surface area contributed by atoms with Crippen molar-refractivity contribution in [3.05, 3.63) is 120 Å². The van der Waals surface area contributed by atoms with Gasteiger partial charge >= 0.3 is 6.03 Å². The van der Waals surface area contributed by atoms with Gasteiger partial charge < -0.3 is 15.2 Å². The average Bonchev–Trinajstić information content (AvgIpc) is 3.73. The van der Waals surface area contributed by atoms with Gasteiger partial charge in [0, 0.05) is 27.7 Å². The molecular formula is C39H41N7O3S. The zero-order valence-electron chi connectivity index (χ0n) is 28.6. The molecule has 3 heterocycles. The van der Waals surface area contributed by atoms with Gasteiger partial charge in [0.15, 0.2) is 11.5 Å². The molecule has 50 heavy (non-hydrogen) atoms. The number of amides is 2. The highest BCUT2D eigenvalue weighted by Gasteiger charge is 2.30. The summed E-state index contributed by atoms with van der Waals surface area (Å²) in [5, 5.41) is 29.4. The molecule has 0 saturated heterocycles. The predicted molar refractivity (Wildman–Crippen MR) is 197 cm³/mol. The number of hydrogen-bond acceptors (Lipinski definition) is 7. The number of pyridine rings is 1. The van der Waals surface area contributed by atoms with Crippen LogP contribution in [0.15, 0.2) is 102 Å². The number of aliphatic hydroxyl groups is 1. The topological polar surface area (TPSA) is 119 Å². The van der Waals surface area contributed by atoms with Crippen LogP contribution in [0.3, 0.4) is 0 Å². The van der Waals surface area contributed by atoms with Crippen LogP contribution in [0.1, 0.15) is 68.1 Å². The Kier molecular flexibility index (Phi) is 9.35. The number of ether oxygens (including phenoxy) is 1. The van der Waals surface area contributed by atoms with E-state index in [9.17, 15) is 9.90 Å². The number of urea groups is 1. The third-order valence-corrected chi connectivity index (χ3v) is 9.92. The Balaban J connectivity index is 1.10. The molecule has 0 aliphatic heterocycles. The largest absolute Gasteiger partial charge is 0.484 e. The number of fused-ring (bicyclic) bond motifs is 2. The summed E-state index contributed by atoms with van der Waals surface area (Å²) in [6.45, 7) is 8.47. The fourth-order valence-electron chi connectivity index (χ4n) is 6.27. The number of benzene rings is 3. The van der Waals surface area contributed by atoms with Crippen molar-refractivity contribution in [1.29, 1.82) is 0 Å². The van der Waals surface area contributed by atoms with Gasteiger partial charge in [-0.05, 0) is 61.2 Å². The number of carbonyl (C=O) groups excluding carboxylic acids is 1. The number of carbonyl (C=O) groups is 1. The summed E-state index contributed by atoms with van der Waals surface area (Å²) >= 11 is 1.58. The molecule has 10 nitrogen and oxygen atoms in total. The number of aromatic nitrogens is 5.